The summed E-state index contributed by atoms with van der Waals surface area (Å²) in [5.74, 6) is 0. The van der Waals surface area contributed by atoms with E-state index in [9.17, 15) is 0 Å². The second-order valence-corrected chi connectivity index (χ2v) is 15.5. The lowest BCUT2D eigenvalue weighted by Crippen LogP contribution is -1.93. The number of thiophene rings is 1. The molecule has 3 heteroatoms. The van der Waals surface area contributed by atoms with Crippen molar-refractivity contribution in [1.82, 2.24) is 9.97 Å². The lowest BCUT2D eigenvalue weighted by Gasteiger charge is -2.17. The maximum Gasteiger partial charge on any atom is 0.0972 e. The van der Waals surface area contributed by atoms with Gasteiger partial charge in [0.15, 0.2) is 0 Å². The van der Waals surface area contributed by atoms with Gasteiger partial charge in [-0.1, -0.05) is 146 Å². The molecule has 0 bridgehead atoms. The first-order chi connectivity index (χ1) is 27.2. The Morgan fingerprint density at radius 1 is 0.327 bits per heavy atom. The molecule has 0 aliphatic carbocycles. The second kappa shape index (κ2) is 11.8. The van der Waals surface area contributed by atoms with Crippen LogP contribution in [0.15, 0.2) is 182 Å². The van der Waals surface area contributed by atoms with Gasteiger partial charge in [-0.2, -0.15) is 0 Å². The SMILES string of the molecule is c1ccc(-c2ccc3ccc4ccc(-c5ccc(-c6cc7ccc8c9ccccc9sc8c7c7ccccc67)c6cc7ccccc7cc56)nc4c3n2)cc1. The minimum absolute atomic E-state index is 0.916. The largest absolute Gasteiger partial charge is 0.245 e. The molecule has 0 radical (unpaired) electrons. The monoisotopic (exact) mass is 714 g/mol. The van der Waals surface area contributed by atoms with E-state index < -0.39 is 0 Å². The van der Waals surface area contributed by atoms with Crippen molar-refractivity contribution in [2.75, 3.05) is 0 Å². The number of hydrogen-bond donors (Lipinski definition) is 0. The number of fused-ring (bicyclic) bond motifs is 12. The zero-order valence-corrected chi connectivity index (χ0v) is 30.4. The van der Waals surface area contributed by atoms with Crippen molar-refractivity contribution >= 4 is 96.4 Å². The Bertz CT molecular complexity index is 3550. The fourth-order valence-electron chi connectivity index (χ4n) is 8.77. The molecule has 2 nitrogen and oxygen atoms in total. The van der Waals surface area contributed by atoms with Gasteiger partial charge in [-0.3, -0.25) is 0 Å². The van der Waals surface area contributed by atoms with Crippen LogP contribution < -0.4 is 0 Å². The smallest absolute Gasteiger partial charge is 0.0972 e. The van der Waals surface area contributed by atoms with E-state index in [1.54, 1.807) is 0 Å². The fraction of sp³-hybridized carbons (Fsp3) is 0. The van der Waals surface area contributed by atoms with Crippen LogP contribution in [0.2, 0.25) is 0 Å². The van der Waals surface area contributed by atoms with Crippen LogP contribution >= 0.6 is 11.3 Å². The van der Waals surface area contributed by atoms with Crippen molar-refractivity contribution in [2.24, 2.45) is 0 Å². The van der Waals surface area contributed by atoms with Crippen molar-refractivity contribution in [1.29, 1.82) is 0 Å². The average Bonchev–Trinajstić information content (AvgIpc) is 3.64. The van der Waals surface area contributed by atoms with Crippen LogP contribution in [0, 0.1) is 0 Å². The molecular formula is C52H30N2S. The fourth-order valence-corrected chi connectivity index (χ4v) is 10.0. The minimum Gasteiger partial charge on any atom is -0.245 e. The number of aromatic nitrogens is 2. The first kappa shape index (κ1) is 30.5. The molecule has 12 rings (SSSR count). The minimum atomic E-state index is 0.916. The number of hydrogen-bond acceptors (Lipinski definition) is 3. The highest BCUT2D eigenvalue weighted by Crippen LogP contribution is 2.46. The van der Waals surface area contributed by atoms with E-state index in [4.69, 9.17) is 9.97 Å². The molecule has 0 N–H and O–H groups in total. The summed E-state index contributed by atoms with van der Waals surface area (Å²) >= 11 is 1.90. The molecule has 0 saturated heterocycles. The Hall–Kier alpha value is -6.94. The first-order valence-corrected chi connectivity index (χ1v) is 19.5. The Kier molecular flexibility index (Phi) is 6.54. The van der Waals surface area contributed by atoms with Gasteiger partial charge in [-0.15, -0.1) is 11.3 Å². The lowest BCUT2D eigenvalue weighted by molar-refractivity contribution is 1.37. The molecule has 0 fully saturated rings. The highest BCUT2D eigenvalue weighted by atomic mass is 32.1. The molecule has 9 aromatic carbocycles. The van der Waals surface area contributed by atoms with Gasteiger partial charge >= 0.3 is 0 Å². The zero-order valence-electron chi connectivity index (χ0n) is 29.6. The predicted molar refractivity (Wildman–Crippen MR) is 236 cm³/mol. The van der Waals surface area contributed by atoms with E-state index in [1.807, 2.05) is 17.4 Å². The van der Waals surface area contributed by atoms with Crippen molar-refractivity contribution in [2.45, 2.75) is 0 Å². The number of nitrogens with zero attached hydrogens (tertiary/aromatic N) is 2. The average molecular weight is 715 g/mol. The predicted octanol–water partition coefficient (Wildman–Crippen LogP) is 14.8. The molecule has 254 valence electrons. The summed E-state index contributed by atoms with van der Waals surface area (Å²) in [7, 11) is 0. The van der Waals surface area contributed by atoms with Crippen LogP contribution in [0.25, 0.3) is 119 Å². The Morgan fingerprint density at radius 3 is 1.69 bits per heavy atom. The summed E-state index contributed by atoms with van der Waals surface area (Å²) in [6.45, 7) is 0. The lowest BCUT2D eigenvalue weighted by atomic mass is 9.87. The van der Waals surface area contributed by atoms with Gasteiger partial charge in [0.1, 0.15) is 0 Å². The summed E-state index contributed by atoms with van der Waals surface area (Å²) in [4.78, 5) is 10.6. The molecule has 0 unspecified atom stereocenters. The molecule has 3 heterocycles. The molecule has 55 heavy (non-hydrogen) atoms. The van der Waals surface area contributed by atoms with E-state index in [0.717, 1.165) is 44.3 Å². The van der Waals surface area contributed by atoms with Crippen LogP contribution in [0.3, 0.4) is 0 Å². The van der Waals surface area contributed by atoms with Crippen LogP contribution in [0.5, 0.6) is 0 Å². The topological polar surface area (TPSA) is 25.8 Å². The zero-order chi connectivity index (χ0) is 36.0. The molecule has 3 aromatic heterocycles. The molecule has 0 atom stereocenters. The normalized spacial score (nSPS) is 12.0. The molecule has 12 aromatic rings. The molecule has 0 spiro atoms. The molecule has 0 saturated carbocycles. The Morgan fingerprint density at radius 2 is 0.909 bits per heavy atom. The highest BCUT2D eigenvalue weighted by Gasteiger charge is 2.18. The van der Waals surface area contributed by atoms with Gasteiger partial charge in [0.05, 0.1) is 22.4 Å². The number of rotatable bonds is 3. The summed E-state index contributed by atoms with van der Waals surface area (Å²) in [5.41, 5.74) is 8.39. The maximum absolute atomic E-state index is 5.42. The first-order valence-electron chi connectivity index (χ1n) is 18.7. The Labute approximate surface area is 320 Å². The van der Waals surface area contributed by atoms with Crippen LogP contribution in [-0.4, -0.2) is 9.97 Å². The van der Waals surface area contributed by atoms with E-state index in [0.29, 0.717) is 0 Å². The van der Waals surface area contributed by atoms with Gasteiger partial charge in [-0.05, 0) is 85.2 Å². The van der Waals surface area contributed by atoms with Gasteiger partial charge in [-0.25, -0.2) is 9.97 Å². The molecule has 0 aliphatic heterocycles. The Balaban J connectivity index is 1.12. The third-order valence-electron chi connectivity index (χ3n) is 11.4. The van der Waals surface area contributed by atoms with Crippen molar-refractivity contribution in [3.05, 3.63) is 182 Å². The third-order valence-corrected chi connectivity index (χ3v) is 12.6. The summed E-state index contributed by atoms with van der Waals surface area (Å²) in [6.07, 6.45) is 0. The van der Waals surface area contributed by atoms with Gasteiger partial charge in [0.2, 0.25) is 0 Å². The number of benzene rings is 9. The quantitative estimate of drug-likeness (QED) is 0.134. The van der Waals surface area contributed by atoms with Crippen molar-refractivity contribution in [3.63, 3.8) is 0 Å². The van der Waals surface area contributed by atoms with Gasteiger partial charge in [0.25, 0.3) is 0 Å². The summed E-state index contributed by atoms with van der Waals surface area (Å²) in [6, 6.07) is 66.1. The maximum atomic E-state index is 5.42. The summed E-state index contributed by atoms with van der Waals surface area (Å²) in [5, 5.41) is 14.8. The van der Waals surface area contributed by atoms with Gasteiger partial charge < -0.3 is 0 Å². The standard InChI is InChI=1S/C52H30N2S/c1-2-10-31(11-3-1)46-26-21-32-18-19-33-22-27-47(54-51(33)50(32)53-46)39-25-24-38(44-28-34-12-4-5-13-35(34)29-45(39)44)43-30-36-20-23-42-40-15-8-9-17-48(40)55-52(42)49(36)41-16-7-6-14-37(41)43/h1-30H. The van der Waals surface area contributed by atoms with Crippen molar-refractivity contribution in [3.8, 4) is 33.6 Å². The van der Waals surface area contributed by atoms with E-state index in [1.165, 1.54) is 74.4 Å². The summed E-state index contributed by atoms with van der Waals surface area (Å²) < 4.78 is 2.68. The van der Waals surface area contributed by atoms with Gasteiger partial charge in [0, 0.05) is 47.5 Å². The van der Waals surface area contributed by atoms with E-state index in [-0.39, 0.29) is 0 Å². The molecule has 0 amide bonds. The van der Waals surface area contributed by atoms with Crippen LogP contribution in [0.4, 0.5) is 0 Å². The highest BCUT2D eigenvalue weighted by molar-refractivity contribution is 7.26. The molecular weight excluding hydrogens is 685 g/mol. The molecule has 0 aliphatic rings. The van der Waals surface area contributed by atoms with E-state index in [2.05, 4.69) is 176 Å². The van der Waals surface area contributed by atoms with Crippen LogP contribution in [-0.2, 0) is 0 Å². The number of pyridine rings is 2. The van der Waals surface area contributed by atoms with Crippen molar-refractivity contribution < 1.29 is 0 Å². The third kappa shape index (κ3) is 4.67. The second-order valence-electron chi connectivity index (χ2n) is 14.5. The van der Waals surface area contributed by atoms with Crippen LogP contribution in [0.1, 0.15) is 0 Å². The van der Waals surface area contributed by atoms with E-state index >= 15 is 0 Å².